The average Bonchev–Trinajstić information content (AvgIpc) is 3.04. The Morgan fingerprint density at radius 3 is 2.24 bits per heavy atom. The maximum absolute atomic E-state index is 12.3. The van der Waals surface area contributed by atoms with Crippen molar-refractivity contribution in [2.45, 2.75) is 77.2 Å². The van der Waals surface area contributed by atoms with Gasteiger partial charge in [0.15, 0.2) is 0 Å². The van der Waals surface area contributed by atoms with Crippen LogP contribution in [-0.4, -0.2) is 63.7 Å². The summed E-state index contributed by atoms with van der Waals surface area (Å²) < 4.78 is 19.2. The molecule has 9 nitrogen and oxygen atoms in total. The van der Waals surface area contributed by atoms with Crippen molar-refractivity contribution in [3.63, 3.8) is 0 Å². The summed E-state index contributed by atoms with van der Waals surface area (Å²) in [7, 11) is -0.554. The third kappa shape index (κ3) is 4.14. The maximum Gasteiger partial charge on any atom is 0.498 e. The summed E-state index contributed by atoms with van der Waals surface area (Å²) in [6, 6.07) is 0. The molecule has 0 radical (unpaired) electrons. The number of hydrogen-bond acceptors (Lipinski definition) is 6. The third-order valence-electron chi connectivity index (χ3n) is 5.74. The van der Waals surface area contributed by atoms with Gasteiger partial charge in [-0.05, 0) is 48.5 Å². The van der Waals surface area contributed by atoms with Crippen molar-refractivity contribution < 1.29 is 23.6 Å². The minimum absolute atomic E-state index is 0.0663. The van der Waals surface area contributed by atoms with Gasteiger partial charge in [-0.1, -0.05) is 0 Å². The van der Waals surface area contributed by atoms with Gasteiger partial charge in [-0.2, -0.15) is 5.10 Å². The van der Waals surface area contributed by atoms with Gasteiger partial charge in [0.05, 0.1) is 30.7 Å². The fraction of sp³-hybridized carbons (Fsp3) is 0.737. The molecule has 3 rings (SSSR count). The van der Waals surface area contributed by atoms with Gasteiger partial charge >= 0.3 is 13.2 Å². The highest BCUT2D eigenvalue weighted by atomic mass is 16.7. The minimum atomic E-state index is -0.704. The number of amides is 2. The van der Waals surface area contributed by atoms with E-state index in [1.165, 1.54) is 0 Å². The number of carbonyl (C=O) groups is 2. The second-order valence-corrected chi connectivity index (χ2v) is 10.0. The summed E-state index contributed by atoms with van der Waals surface area (Å²) in [6.07, 6.45) is 3.12. The summed E-state index contributed by atoms with van der Waals surface area (Å²) >= 11 is 0. The molecule has 1 aromatic heterocycles. The molecule has 2 N–H and O–H groups in total. The molecule has 0 aliphatic carbocycles. The van der Waals surface area contributed by atoms with Crippen LogP contribution < -0.4 is 11.2 Å². The van der Waals surface area contributed by atoms with Gasteiger partial charge in [0.1, 0.15) is 11.1 Å². The highest BCUT2D eigenvalue weighted by molar-refractivity contribution is 6.62. The van der Waals surface area contributed by atoms with Crippen LogP contribution in [0, 0.1) is 0 Å². The first-order chi connectivity index (χ1) is 13.1. The lowest BCUT2D eigenvalue weighted by atomic mass is 9.81. The minimum Gasteiger partial charge on any atom is -0.444 e. The smallest absolute Gasteiger partial charge is 0.444 e. The molecule has 2 saturated heterocycles. The Kier molecular flexibility index (Phi) is 5.02. The molecule has 2 fully saturated rings. The number of aromatic nitrogens is 2. The summed E-state index contributed by atoms with van der Waals surface area (Å²) in [4.78, 5) is 25.6. The number of nitrogens with two attached hydrogens (primary N) is 1. The Morgan fingerprint density at radius 1 is 1.21 bits per heavy atom. The summed E-state index contributed by atoms with van der Waals surface area (Å²) in [5.41, 5.74) is 4.02. The Labute approximate surface area is 172 Å². The van der Waals surface area contributed by atoms with Crippen molar-refractivity contribution in [3.05, 3.63) is 12.4 Å². The number of ether oxygens (including phenoxy) is 1. The number of hydrogen-bond donors (Lipinski definition) is 1. The molecule has 2 aliphatic heterocycles. The quantitative estimate of drug-likeness (QED) is 0.748. The van der Waals surface area contributed by atoms with Crippen LogP contribution in [0.2, 0.25) is 0 Å². The first-order valence-corrected chi connectivity index (χ1v) is 9.81. The maximum atomic E-state index is 12.3. The van der Waals surface area contributed by atoms with Gasteiger partial charge in [-0.3, -0.25) is 9.48 Å². The third-order valence-corrected chi connectivity index (χ3v) is 5.74. The van der Waals surface area contributed by atoms with E-state index < -0.39 is 41.5 Å². The van der Waals surface area contributed by atoms with Crippen LogP contribution in [0.25, 0.3) is 0 Å². The van der Waals surface area contributed by atoms with E-state index in [0.29, 0.717) is 0 Å². The van der Waals surface area contributed by atoms with Gasteiger partial charge < -0.3 is 24.7 Å². The molecule has 0 saturated carbocycles. The first-order valence-electron chi connectivity index (χ1n) is 9.81. The van der Waals surface area contributed by atoms with Crippen LogP contribution in [0.15, 0.2) is 12.4 Å². The largest absolute Gasteiger partial charge is 0.498 e. The monoisotopic (exact) mass is 406 g/mol. The van der Waals surface area contributed by atoms with Crippen LogP contribution in [0.4, 0.5) is 4.79 Å². The van der Waals surface area contributed by atoms with Gasteiger partial charge in [-0.25, -0.2) is 4.79 Å². The number of rotatable bonds is 4. The summed E-state index contributed by atoms with van der Waals surface area (Å²) in [5, 5.41) is 4.44. The highest BCUT2D eigenvalue weighted by Crippen LogP contribution is 2.37. The van der Waals surface area contributed by atoms with Crippen LogP contribution in [0.5, 0.6) is 0 Å². The molecular weight excluding hydrogens is 375 g/mol. The molecule has 29 heavy (non-hydrogen) atoms. The predicted octanol–water partition coefficient (Wildman–Crippen LogP) is 1.00. The van der Waals surface area contributed by atoms with E-state index in [1.54, 1.807) is 22.0 Å². The van der Waals surface area contributed by atoms with Crippen LogP contribution >= 0.6 is 0 Å². The first kappa shape index (κ1) is 21.6. The van der Waals surface area contributed by atoms with Gasteiger partial charge in [0.2, 0.25) is 5.91 Å². The summed E-state index contributed by atoms with van der Waals surface area (Å²) in [5.74, 6) is -0.457. The zero-order valence-electron chi connectivity index (χ0n) is 18.3. The van der Waals surface area contributed by atoms with Crippen molar-refractivity contribution >= 4 is 24.6 Å². The molecule has 160 valence electrons. The Morgan fingerprint density at radius 2 is 1.76 bits per heavy atom. The fourth-order valence-electron chi connectivity index (χ4n) is 3.48. The zero-order chi connectivity index (χ0) is 21.8. The Balaban J connectivity index is 1.77. The number of likely N-dealkylation sites (tertiary alicyclic amines) is 1. The normalized spacial score (nSPS) is 22.3. The Bertz CT molecular complexity index is 792. The van der Waals surface area contributed by atoms with Crippen molar-refractivity contribution in [1.82, 2.24) is 14.7 Å². The number of carbonyl (C=O) groups excluding carboxylic acids is 2. The zero-order valence-corrected chi connectivity index (χ0v) is 18.3. The lowest BCUT2D eigenvalue weighted by Gasteiger charge is -2.49. The molecule has 2 amide bonds. The standard InChI is InChI=1S/C19H31BN4O5/c1-16(2,3)27-15(26)23-11-19(12-23,8-14(21)25)24-10-13(9-22-24)20-28-17(4,5)18(6,7)29-20/h9-10H,8,11-12H2,1-7H3,(H2,21,25). The predicted molar refractivity (Wildman–Crippen MR) is 108 cm³/mol. The molecule has 0 unspecified atom stereocenters. The van der Waals surface area contributed by atoms with Crippen molar-refractivity contribution in [2.24, 2.45) is 5.73 Å². The van der Waals surface area contributed by atoms with Gasteiger partial charge in [0, 0.05) is 17.9 Å². The van der Waals surface area contributed by atoms with Gasteiger partial charge in [-0.15, -0.1) is 0 Å². The van der Waals surface area contributed by atoms with Crippen LogP contribution in [0.3, 0.4) is 0 Å². The molecule has 0 bridgehead atoms. The Hall–Kier alpha value is -2.07. The average molecular weight is 406 g/mol. The number of primary amides is 1. The SMILES string of the molecule is CC(C)(C)OC(=O)N1CC(CC(N)=O)(n2cc(B3OC(C)(C)C(C)(C)O3)cn2)C1. The molecule has 0 aromatic carbocycles. The lowest BCUT2D eigenvalue weighted by molar-refractivity contribution is -0.123. The molecule has 2 aliphatic rings. The van der Waals surface area contributed by atoms with E-state index in [1.807, 2.05) is 48.5 Å². The van der Waals surface area contributed by atoms with Crippen molar-refractivity contribution in [1.29, 1.82) is 0 Å². The second-order valence-electron chi connectivity index (χ2n) is 10.0. The molecule has 0 atom stereocenters. The van der Waals surface area contributed by atoms with E-state index in [9.17, 15) is 9.59 Å². The van der Waals surface area contributed by atoms with E-state index in [4.69, 9.17) is 19.8 Å². The van der Waals surface area contributed by atoms with Crippen molar-refractivity contribution in [3.8, 4) is 0 Å². The summed E-state index contributed by atoms with van der Waals surface area (Å²) in [6.45, 7) is 13.9. The number of nitrogens with zero attached hydrogens (tertiary/aromatic N) is 3. The second kappa shape index (κ2) is 6.73. The fourth-order valence-corrected chi connectivity index (χ4v) is 3.48. The van der Waals surface area contributed by atoms with E-state index >= 15 is 0 Å². The van der Waals surface area contributed by atoms with Crippen molar-refractivity contribution in [2.75, 3.05) is 13.1 Å². The van der Waals surface area contributed by atoms with E-state index in [0.717, 1.165) is 5.46 Å². The van der Waals surface area contributed by atoms with Crippen LogP contribution in [-0.2, 0) is 24.4 Å². The highest BCUT2D eigenvalue weighted by Gasteiger charge is 2.53. The van der Waals surface area contributed by atoms with Gasteiger partial charge in [0.25, 0.3) is 0 Å². The molecular formula is C19H31BN4O5. The van der Waals surface area contributed by atoms with E-state index in [2.05, 4.69) is 5.10 Å². The lowest BCUT2D eigenvalue weighted by Crippen LogP contribution is -2.66. The molecule has 0 spiro atoms. The van der Waals surface area contributed by atoms with Crippen LogP contribution in [0.1, 0.15) is 54.9 Å². The van der Waals surface area contributed by atoms with E-state index in [-0.39, 0.29) is 19.5 Å². The topological polar surface area (TPSA) is 109 Å². The molecule has 10 heteroatoms. The molecule has 1 aromatic rings. The molecule has 3 heterocycles.